The molecule has 0 saturated heterocycles. The van der Waals surface area contributed by atoms with Gasteiger partial charge in [-0.25, -0.2) is 4.79 Å². The Bertz CT molecular complexity index is 990. The molecule has 1 fully saturated rings. The number of anilines is 2. The van der Waals surface area contributed by atoms with Crippen LogP contribution in [-0.2, 0) is 20.7 Å². The largest absolute Gasteiger partial charge is 0.462 e. The van der Waals surface area contributed by atoms with Gasteiger partial charge in [0.1, 0.15) is 5.75 Å². The molecule has 33 heavy (non-hydrogen) atoms. The van der Waals surface area contributed by atoms with Crippen LogP contribution in [-0.4, -0.2) is 18.5 Å². The molecule has 0 spiro atoms. The average molecular weight is 449 g/mol. The Balaban J connectivity index is 1.42. The fraction of sp³-hybridized carbons (Fsp3) is 0.333. The summed E-state index contributed by atoms with van der Waals surface area (Å²) in [4.78, 5) is 24.4. The first-order valence-corrected chi connectivity index (χ1v) is 11.4. The van der Waals surface area contributed by atoms with E-state index in [4.69, 9.17) is 20.9 Å². The second kappa shape index (κ2) is 11.9. The Hall–Kier alpha value is -3.54. The monoisotopic (exact) mass is 448 g/mol. The second-order valence-corrected chi connectivity index (χ2v) is 8.44. The lowest BCUT2D eigenvalue weighted by Crippen LogP contribution is -2.25. The molecule has 2 aromatic carbocycles. The number of rotatable bonds is 9. The molecular weight excluding hydrogens is 416 g/mol. The normalized spacial score (nSPS) is 18.1. The Morgan fingerprint density at radius 3 is 2.45 bits per heavy atom. The highest BCUT2D eigenvalue weighted by Gasteiger charge is 2.27. The summed E-state index contributed by atoms with van der Waals surface area (Å²) >= 11 is 0. The molecule has 0 atom stereocenters. The number of nitrogen functional groups attached to an aromatic ring is 2. The predicted octanol–water partition coefficient (Wildman–Crippen LogP) is 4.94. The molecule has 0 heterocycles. The van der Waals surface area contributed by atoms with Crippen molar-refractivity contribution in [2.45, 2.75) is 38.5 Å². The van der Waals surface area contributed by atoms with Crippen molar-refractivity contribution in [3.8, 4) is 5.75 Å². The molecule has 0 amide bonds. The topological polar surface area (TPSA) is 105 Å². The van der Waals surface area contributed by atoms with E-state index >= 15 is 0 Å². The molecule has 1 saturated carbocycles. The second-order valence-electron chi connectivity index (χ2n) is 8.44. The van der Waals surface area contributed by atoms with Gasteiger partial charge in [-0.05, 0) is 85.6 Å². The molecule has 0 bridgehead atoms. The number of nitrogens with two attached hydrogens (primary N) is 2. The molecule has 0 aliphatic heterocycles. The van der Waals surface area contributed by atoms with Crippen molar-refractivity contribution >= 4 is 29.4 Å². The SMILES string of the molecule is C=CCC1CCC(C(=O)Oc2ccc(/C=C/C(=O)OCCc3cc(N)ccc3N)cc2)CC1. The lowest BCUT2D eigenvalue weighted by molar-refractivity contribution is -0.140. The first kappa shape index (κ1) is 24.1. The highest BCUT2D eigenvalue weighted by Crippen LogP contribution is 2.32. The zero-order valence-corrected chi connectivity index (χ0v) is 18.9. The van der Waals surface area contributed by atoms with Gasteiger partial charge in [0.15, 0.2) is 0 Å². The number of hydrogen-bond donors (Lipinski definition) is 2. The molecule has 1 aliphatic rings. The van der Waals surface area contributed by atoms with Crippen LogP contribution in [0, 0.1) is 11.8 Å². The Morgan fingerprint density at radius 2 is 1.76 bits per heavy atom. The maximum absolute atomic E-state index is 12.4. The number of ether oxygens (including phenoxy) is 2. The van der Waals surface area contributed by atoms with E-state index in [0.29, 0.717) is 29.5 Å². The first-order valence-electron chi connectivity index (χ1n) is 11.4. The quantitative estimate of drug-likeness (QED) is 0.185. The van der Waals surface area contributed by atoms with E-state index in [2.05, 4.69) is 6.58 Å². The molecule has 6 nitrogen and oxygen atoms in total. The first-order chi connectivity index (χ1) is 15.9. The molecule has 0 unspecified atom stereocenters. The predicted molar refractivity (Wildman–Crippen MR) is 131 cm³/mol. The summed E-state index contributed by atoms with van der Waals surface area (Å²) in [6.45, 7) is 4.00. The maximum atomic E-state index is 12.4. The lowest BCUT2D eigenvalue weighted by Gasteiger charge is -2.26. The summed E-state index contributed by atoms with van der Waals surface area (Å²) in [5, 5.41) is 0. The van der Waals surface area contributed by atoms with Crippen LogP contribution in [0.1, 0.15) is 43.2 Å². The number of carbonyl (C=O) groups is 2. The van der Waals surface area contributed by atoms with Gasteiger partial charge in [0, 0.05) is 23.9 Å². The van der Waals surface area contributed by atoms with Crippen molar-refractivity contribution in [2.75, 3.05) is 18.1 Å². The third-order valence-electron chi connectivity index (χ3n) is 5.97. The Kier molecular flexibility index (Phi) is 8.70. The van der Waals surface area contributed by atoms with Gasteiger partial charge >= 0.3 is 11.9 Å². The zero-order chi connectivity index (χ0) is 23.6. The van der Waals surface area contributed by atoms with Crippen molar-refractivity contribution < 1.29 is 19.1 Å². The Morgan fingerprint density at radius 1 is 1.03 bits per heavy atom. The van der Waals surface area contributed by atoms with Gasteiger partial charge in [-0.2, -0.15) is 0 Å². The van der Waals surface area contributed by atoms with Crippen molar-refractivity contribution in [1.82, 2.24) is 0 Å². The van der Waals surface area contributed by atoms with Crippen molar-refractivity contribution in [3.63, 3.8) is 0 Å². The molecule has 1 aliphatic carbocycles. The molecule has 6 heteroatoms. The smallest absolute Gasteiger partial charge is 0.330 e. The summed E-state index contributed by atoms with van der Waals surface area (Å²) in [6.07, 6.45) is 10.3. The van der Waals surface area contributed by atoms with Crippen LogP contribution in [0.4, 0.5) is 11.4 Å². The van der Waals surface area contributed by atoms with E-state index < -0.39 is 5.97 Å². The van der Waals surface area contributed by atoms with Gasteiger partial charge in [0.05, 0.1) is 12.5 Å². The van der Waals surface area contributed by atoms with E-state index in [1.54, 1.807) is 48.5 Å². The van der Waals surface area contributed by atoms with Crippen molar-refractivity contribution in [1.29, 1.82) is 0 Å². The van der Waals surface area contributed by atoms with Crippen LogP contribution in [0.3, 0.4) is 0 Å². The molecule has 4 N–H and O–H groups in total. The van der Waals surface area contributed by atoms with Crippen LogP contribution in [0.2, 0.25) is 0 Å². The summed E-state index contributed by atoms with van der Waals surface area (Å²) in [5.41, 5.74) is 14.5. The minimum atomic E-state index is -0.444. The molecule has 0 aromatic heterocycles. The van der Waals surface area contributed by atoms with Gasteiger partial charge in [-0.15, -0.1) is 6.58 Å². The molecule has 0 radical (unpaired) electrons. The van der Waals surface area contributed by atoms with Gasteiger partial charge in [-0.3, -0.25) is 4.79 Å². The third-order valence-corrected chi connectivity index (χ3v) is 5.97. The van der Waals surface area contributed by atoms with Gasteiger partial charge < -0.3 is 20.9 Å². The van der Waals surface area contributed by atoms with Crippen LogP contribution in [0.15, 0.2) is 61.2 Å². The minimum absolute atomic E-state index is 0.0388. The summed E-state index contributed by atoms with van der Waals surface area (Å²) < 4.78 is 10.8. The standard InChI is InChI=1S/C27H32N2O4/c1-2-3-19-4-9-21(10-5-19)27(31)33-24-12-6-20(7-13-24)8-15-26(30)32-17-16-22-18-23(28)11-14-25(22)29/h2,6-8,11-15,18-19,21H,1,3-5,9-10,16-17,28-29H2/b15-8+. The van der Waals surface area contributed by atoms with Gasteiger partial charge in [0.2, 0.25) is 0 Å². The third kappa shape index (κ3) is 7.52. The fourth-order valence-corrected chi connectivity index (χ4v) is 4.03. The summed E-state index contributed by atoms with van der Waals surface area (Å²) in [6, 6.07) is 12.3. The maximum Gasteiger partial charge on any atom is 0.330 e. The number of esters is 2. The summed E-state index contributed by atoms with van der Waals surface area (Å²) in [5.74, 6) is 0.495. The molecule has 2 aromatic rings. The Labute approximate surface area is 195 Å². The summed E-state index contributed by atoms with van der Waals surface area (Å²) in [7, 11) is 0. The molecular formula is C27H32N2O4. The van der Waals surface area contributed by atoms with Crippen molar-refractivity contribution in [3.05, 3.63) is 72.3 Å². The van der Waals surface area contributed by atoms with Crippen LogP contribution < -0.4 is 16.2 Å². The van der Waals surface area contributed by atoms with E-state index in [-0.39, 0.29) is 18.5 Å². The molecule has 174 valence electrons. The highest BCUT2D eigenvalue weighted by atomic mass is 16.5. The van der Waals surface area contributed by atoms with Crippen LogP contribution in [0.25, 0.3) is 6.08 Å². The number of allylic oxidation sites excluding steroid dienone is 1. The average Bonchev–Trinajstić information content (AvgIpc) is 2.81. The van der Waals surface area contributed by atoms with E-state index in [1.807, 2.05) is 6.08 Å². The fourth-order valence-electron chi connectivity index (χ4n) is 4.03. The van der Waals surface area contributed by atoms with E-state index in [0.717, 1.165) is 43.2 Å². The lowest BCUT2D eigenvalue weighted by atomic mass is 9.80. The van der Waals surface area contributed by atoms with Gasteiger partial charge in [0.25, 0.3) is 0 Å². The number of benzene rings is 2. The minimum Gasteiger partial charge on any atom is -0.462 e. The van der Waals surface area contributed by atoms with Crippen LogP contribution >= 0.6 is 0 Å². The highest BCUT2D eigenvalue weighted by molar-refractivity contribution is 5.87. The van der Waals surface area contributed by atoms with Crippen molar-refractivity contribution in [2.24, 2.45) is 11.8 Å². The van der Waals surface area contributed by atoms with E-state index in [1.165, 1.54) is 6.08 Å². The van der Waals surface area contributed by atoms with E-state index in [9.17, 15) is 9.59 Å². The number of hydrogen-bond acceptors (Lipinski definition) is 6. The van der Waals surface area contributed by atoms with Gasteiger partial charge in [-0.1, -0.05) is 18.2 Å². The number of carbonyl (C=O) groups excluding carboxylic acids is 2. The zero-order valence-electron chi connectivity index (χ0n) is 18.9. The molecule has 3 rings (SSSR count). The van der Waals surface area contributed by atoms with Crippen LogP contribution in [0.5, 0.6) is 5.75 Å².